The molecule has 1 N–H and O–H groups in total. The predicted molar refractivity (Wildman–Crippen MR) is 83.6 cm³/mol. The van der Waals surface area contributed by atoms with Crippen LogP contribution in [-0.2, 0) is 11.2 Å². The number of halogens is 1. The third-order valence-corrected chi connectivity index (χ3v) is 3.58. The molecule has 2 aromatic rings. The Balaban J connectivity index is 1.76. The SMILES string of the molecule is CC(C)Cc1nnc(NC(=O)CCOc2ccccc2F)s1. The lowest BCUT2D eigenvalue weighted by Gasteiger charge is -2.06. The van der Waals surface area contributed by atoms with Crippen molar-refractivity contribution < 1.29 is 13.9 Å². The summed E-state index contributed by atoms with van der Waals surface area (Å²) in [4.78, 5) is 11.8. The molecule has 0 fully saturated rings. The maximum atomic E-state index is 13.3. The van der Waals surface area contributed by atoms with Crippen molar-refractivity contribution in [2.24, 2.45) is 5.92 Å². The monoisotopic (exact) mass is 323 g/mol. The van der Waals surface area contributed by atoms with E-state index in [2.05, 4.69) is 29.4 Å². The first kappa shape index (κ1) is 16.4. The number of para-hydroxylation sites is 1. The third kappa shape index (κ3) is 5.07. The summed E-state index contributed by atoms with van der Waals surface area (Å²) in [5.41, 5.74) is 0. The number of benzene rings is 1. The summed E-state index contributed by atoms with van der Waals surface area (Å²) in [7, 11) is 0. The van der Waals surface area contributed by atoms with Gasteiger partial charge in [0.2, 0.25) is 11.0 Å². The highest BCUT2D eigenvalue weighted by atomic mass is 32.1. The first-order valence-electron chi connectivity index (χ1n) is 7.04. The summed E-state index contributed by atoms with van der Waals surface area (Å²) in [6.45, 7) is 4.30. The first-order valence-corrected chi connectivity index (χ1v) is 7.86. The lowest BCUT2D eigenvalue weighted by Crippen LogP contribution is -2.15. The first-order chi connectivity index (χ1) is 10.5. The molecule has 7 heteroatoms. The molecule has 118 valence electrons. The predicted octanol–water partition coefficient (Wildman–Crippen LogP) is 3.28. The molecule has 0 spiro atoms. The molecule has 1 heterocycles. The van der Waals surface area contributed by atoms with Gasteiger partial charge in [-0.2, -0.15) is 0 Å². The van der Waals surface area contributed by atoms with E-state index in [1.54, 1.807) is 12.1 Å². The number of carbonyl (C=O) groups is 1. The van der Waals surface area contributed by atoms with Gasteiger partial charge in [-0.1, -0.05) is 37.3 Å². The van der Waals surface area contributed by atoms with Gasteiger partial charge >= 0.3 is 0 Å². The van der Waals surface area contributed by atoms with E-state index in [0.29, 0.717) is 11.0 Å². The van der Waals surface area contributed by atoms with Crippen molar-refractivity contribution in [3.63, 3.8) is 0 Å². The largest absolute Gasteiger partial charge is 0.490 e. The van der Waals surface area contributed by atoms with Crippen molar-refractivity contribution in [1.29, 1.82) is 0 Å². The molecule has 1 aromatic heterocycles. The number of ether oxygens (including phenoxy) is 1. The van der Waals surface area contributed by atoms with Crippen molar-refractivity contribution >= 4 is 22.4 Å². The second-order valence-corrected chi connectivity index (χ2v) is 6.24. The molecule has 22 heavy (non-hydrogen) atoms. The fourth-order valence-corrected chi connectivity index (χ4v) is 2.70. The molecule has 1 aromatic carbocycles. The van der Waals surface area contributed by atoms with E-state index < -0.39 is 5.82 Å². The van der Waals surface area contributed by atoms with Crippen LogP contribution in [0, 0.1) is 11.7 Å². The lowest BCUT2D eigenvalue weighted by atomic mass is 10.1. The highest BCUT2D eigenvalue weighted by molar-refractivity contribution is 7.15. The molecule has 0 saturated heterocycles. The van der Waals surface area contributed by atoms with Crippen LogP contribution in [0.1, 0.15) is 25.3 Å². The number of hydrogen-bond donors (Lipinski definition) is 1. The molecule has 0 saturated carbocycles. The van der Waals surface area contributed by atoms with E-state index in [1.165, 1.54) is 23.5 Å². The number of anilines is 1. The quantitative estimate of drug-likeness (QED) is 0.849. The van der Waals surface area contributed by atoms with E-state index in [-0.39, 0.29) is 24.7 Å². The highest BCUT2D eigenvalue weighted by Gasteiger charge is 2.10. The Morgan fingerprint density at radius 2 is 2.14 bits per heavy atom. The van der Waals surface area contributed by atoms with E-state index in [0.717, 1.165) is 11.4 Å². The maximum absolute atomic E-state index is 13.3. The normalized spacial score (nSPS) is 10.7. The van der Waals surface area contributed by atoms with Crippen LogP contribution in [0.5, 0.6) is 5.75 Å². The van der Waals surface area contributed by atoms with Gasteiger partial charge in [0.05, 0.1) is 13.0 Å². The molecule has 5 nitrogen and oxygen atoms in total. The minimum atomic E-state index is -0.439. The Morgan fingerprint density at radius 1 is 1.36 bits per heavy atom. The molecule has 0 unspecified atom stereocenters. The number of nitrogens with zero attached hydrogens (tertiary/aromatic N) is 2. The van der Waals surface area contributed by atoms with E-state index in [9.17, 15) is 9.18 Å². The number of hydrogen-bond acceptors (Lipinski definition) is 5. The Kier molecular flexibility index (Phi) is 5.83. The number of nitrogens with one attached hydrogen (secondary N) is 1. The smallest absolute Gasteiger partial charge is 0.229 e. The molecule has 2 rings (SSSR count). The van der Waals surface area contributed by atoms with E-state index >= 15 is 0 Å². The maximum Gasteiger partial charge on any atom is 0.229 e. The molecule has 0 aliphatic heterocycles. The molecule has 0 atom stereocenters. The van der Waals surface area contributed by atoms with Crippen LogP contribution in [-0.4, -0.2) is 22.7 Å². The van der Waals surface area contributed by atoms with Crippen molar-refractivity contribution in [2.45, 2.75) is 26.7 Å². The van der Waals surface area contributed by atoms with Gasteiger partial charge in [-0.25, -0.2) is 4.39 Å². The summed E-state index contributed by atoms with van der Waals surface area (Å²) < 4.78 is 18.6. The average Bonchev–Trinajstić information content (AvgIpc) is 2.87. The van der Waals surface area contributed by atoms with Crippen molar-refractivity contribution in [1.82, 2.24) is 10.2 Å². The molecule has 0 aliphatic carbocycles. The van der Waals surface area contributed by atoms with E-state index in [4.69, 9.17) is 4.74 Å². The minimum absolute atomic E-state index is 0.102. The minimum Gasteiger partial charge on any atom is -0.490 e. The molecule has 1 amide bonds. The van der Waals surface area contributed by atoms with Gasteiger partial charge in [-0.05, 0) is 18.1 Å². The third-order valence-electron chi connectivity index (χ3n) is 2.72. The summed E-state index contributed by atoms with van der Waals surface area (Å²) in [5, 5.41) is 12.0. The Bertz CT molecular complexity index is 631. The molecular formula is C15H18FN3O2S. The van der Waals surface area contributed by atoms with Gasteiger partial charge in [0.25, 0.3) is 0 Å². The van der Waals surface area contributed by atoms with Gasteiger partial charge in [-0.3, -0.25) is 4.79 Å². The van der Waals surface area contributed by atoms with Crippen LogP contribution >= 0.6 is 11.3 Å². The van der Waals surface area contributed by atoms with Gasteiger partial charge in [0, 0.05) is 6.42 Å². The van der Waals surface area contributed by atoms with Crippen LogP contribution in [0.3, 0.4) is 0 Å². The van der Waals surface area contributed by atoms with Crippen LogP contribution in [0.2, 0.25) is 0 Å². The fraction of sp³-hybridized carbons (Fsp3) is 0.400. The van der Waals surface area contributed by atoms with Crippen LogP contribution in [0.25, 0.3) is 0 Å². The zero-order valence-corrected chi connectivity index (χ0v) is 13.3. The average molecular weight is 323 g/mol. The van der Waals surface area contributed by atoms with Gasteiger partial charge in [-0.15, -0.1) is 10.2 Å². The lowest BCUT2D eigenvalue weighted by molar-refractivity contribution is -0.116. The Morgan fingerprint density at radius 3 is 2.86 bits per heavy atom. The summed E-state index contributed by atoms with van der Waals surface area (Å²) in [6.07, 6.45) is 0.956. The summed E-state index contributed by atoms with van der Waals surface area (Å²) >= 11 is 1.37. The van der Waals surface area contributed by atoms with Crippen LogP contribution in [0.4, 0.5) is 9.52 Å². The van der Waals surface area contributed by atoms with Crippen LogP contribution < -0.4 is 10.1 Å². The standard InChI is InChI=1S/C15H18FN3O2S/c1-10(2)9-14-18-19-15(22-14)17-13(20)7-8-21-12-6-4-3-5-11(12)16/h3-6,10H,7-9H2,1-2H3,(H,17,19,20). The number of rotatable bonds is 7. The molecular weight excluding hydrogens is 305 g/mol. The van der Waals surface area contributed by atoms with Gasteiger partial charge in [0.1, 0.15) is 5.01 Å². The van der Waals surface area contributed by atoms with Crippen molar-refractivity contribution in [3.05, 3.63) is 35.1 Å². The Labute approximate surface area is 132 Å². The number of carbonyl (C=O) groups excluding carboxylic acids is 1. The fourth-order valence-electron chi connectivity index (χ4n) is 1.73. The van der Waals surface area contributed by atoms with Gasteiger partial charge < -0.3 is 10.1 Å². The number of amides is 1. The van der Waals surface area contributed by atoms with Crippen molar-refractivity contribution in [2.75, 3.05) is 11.9 Å². The molecule has 0 aliphatic rings. The second kappa shape index (κ2) is 7.84. The molecule has 0 bridgehead atoms. The second-order valence-electron chi connectivity index (χ2n) is 5.18. The molecule has 0 radical (unpaired) electrons. The summed E-state index contributed by atoms with van der Waals surface area (Å²) in [6, 6.07) is 6.10. The van der Waals surface area contributed by atoms with Gasteiger partial charge in [0.15, 0.2) is 11.6 Å². The van der Waals surface area contributed by atoms with Crippen molar-refractivity contribution in [3.8, 4) is 5.75 Å². The highest BCUT2D eigenvalue weighted by Crippen LogP contribution is 2.19. The Hall–Kier alpha value is -2.02. The number of aromatic nitrogens is 2. The zero-order chi connectivity index (χ0) is 15.9. The van der Waals surface area contributed by atoms with Crippen LogP contribution in [0.15, 0.2) is 24.3 Å². The topological polar surface area (TPSA) is 64.1 Å². The zero-order valence-electron chi connectivity index (χ0n) is 12.5. The van der Waals surface area contributed by atoms with E-state index in [1.807, 2.05) is 0 Å². The summed E-state index contributed by atoms with van der Waals surface area (Å²) in [5.74, 6) is -0.0370.